The van der Waals surface area contributed by atoms with Crippen molar-refractivity contribution in [3.8, 4) is 5.75 Å². The Labute approximate surface area is 119 Å². The molecule has 0 aliphatic heterocycles. The van der Waals surface area contributed by atoms with E-state index in [1.54, 1.807) is 7.11 Å². The Balaban J connectivity index is 2.07. The van der Waals surface area contributed by atoms with Crippen molar-refractivity contribution < 1.29 is 4.74 Å². The summed E-state index contributed by atoms with van der Waals surface area (Å²) in [5.41, 5.74) is 6.36. The Morgan fingerprint density at radius 3 is 2.85 bits per heavy atom. The van der Waals surface area contributed by atoms with Gasteiger partial charge in [0.15, 0.2) is 0 Å². The van der Waals surface area contributed by atoms with Gasteiger partial charge in [0.1, 0.15) is 5.75 Å². The van der Waals surface area contributed by atoms with E-state index < -0.39 is 0 Å². The number of hydrogen-bond donors (Lipinski definition) is 2. The molecule has 5 heteroatoms. The maximum atomic E-state index is 5.69. The van der Waals surface area contributed by atoms with E-state index in [0.717, 1.165) is 29.7 Å². The number of nitrogens with zero attached hydrogens (tertiary/aromatic N) is 2. The van der Waals surface area contributed by atoms with Crippen molar-refractivity contribution in [2.45, 2.75) is 25.8 Å². The molecule has 0 spiro atoms. The predicted octanol–water partition coefficient (Wildman–Crippen LogP) is 1.87. The van der Waals surface area contributed by atoms with Crippen LogP contribution in [0, 0.1) is 6.92 Å². The molecule has 0 amide bonds. The third kappa shape index (κ3) is 3.37. The van der Waals surface area contributed by atoms with E-state index in [1.165, 1.54) is 5.56 Å². The highest BCUT2D eigenvalue weighted by Crippen LogP contribution is 2.25. The minimum Gasteiger partial charge on any atom is -0.496 e. The van der Waals surface area contributed by atoms with Gasteiger partial charge >= 0.3 is 0 Å². The van der Waals surface area contributed by atoms with Crippen molar-refractivity contribution in [3.63, 3.8) is 0 Å². The van der Waals surface area contributed by atoms with Gasteiger partial charge in [0.25, 0.3) is 0 Å². The molecule has 1 heterocycles. The maximum Gasteiger partial charge on any atom is 0.122 e. The number of hydrazine groups is 1. The largest absolute Gasteiger partial charge is 0.496 e. The van der Waals surface area contributed by atoms with E-state index in [0.29, 0.717) is 0 Å². The van der Waals surface area contributed by atoms with Crippen LogP contribution in [0.5, 0.6) is 5.75 Å². The predicted molar refractivity (Wildman–Crippen MR) is 79.3 cm³/mol. The molecule has 5 nitrogen and oxygen atoms in total. The smallest absolute Gasteiger partial charge is 0.122 e. The summed E-state index contributed by atoms with van der Waals surface area (Å²) in [5, 5.41) is 4.18. The molecule has 108 valence electrons. The number of ether oxygens (including phenoxy) is 1. The second-order valence-electron chi connectivity index (χ2n) is 5.01. The first-order valence-corrected chi connectivity index (χ1v) is 6.72. The van der Waals surface area contributed by atoms with E-state index in [9.17, 15) is 0 Å². The van der Waals surface area contributed by atoms with Crippen molar-refractivity contribution in [1.82, 2.24) is 15.2 Å². The molecule has 2 rings (SSSR count). The van der Waals surface area contributed by atoms with Gasteiger partial charge in [0, 0.05) is 19.3 Å². The number of benzene rings is 1. The highest BCUT2D eigenvalue weighted by molar-refractivity contribution is 5.37. The van der Waals surface area contributed by atoms with E-state index in [1.807, 2.05) is 37.1 Å². The summed E-state index contributed by atoms with van der Waals surface area (Å²) < 4.78 is 7.18. The van der Waals surface area contributed by atoms with Crippen LogP contribution in [0.15, 0.2) is 30.6 Å². The lowest BCUT2D eigenvalue weighted by Crippen LogP contribution is -2.28. The number of aromatic nitrogens is 2. The highest BCUT2D eigenvalue weighted by atomic mass is 16.5. The molecule has 0 fully saturated rings. The van der Waals surface area contributed by atoms with Crippen molar-refractivity contribution in [2.24, 2.45) is 12.9 Å². The summed E-state index contributed by atoms with van der Waals surface area (Å²) in [4.78, 5) is 0. The van der Waals surface area contributed by atoms with Gasteiger partial charge in [-0.3, -0.25) is 16.0 Å². The Kier molecular flexibility index (Phi) is 4.76. The van der Waals surface area contributed by atoms with Gasteiger partial charge in [0.2, 0.25) is 0 Å². The van der Waals surface area contributed by atoms with Gasteiger partial charge in [0.05, 0.1) is 13.3 Å². The Morgan fingerprint density at radius 2 is 2.25 bits per heavy atom. The molecule has 1 aromatic heterocycles. The van der Waals surface area contributed by atoms with Crippen LogP contribution in [0.3, 0.4) is 0 Å². The van der Waals surface area contributed by atoms with Crippen molar-refractivity contribution >= 4 is 0 Å². The lowest BCUT2D eigenvalue weighted by Gasteiger charge is -2.17. The van der Waals surface area contributed by atoms with E-state index in [2.05, 4.69) is 22.7 Å². The quantitative estimate of drug-likeness (QED) is 0.623. The normalized spacial score (nSPS) is 12.4. The SMILES string of the molecule is COc1cc(C(CCc2cnn(C)c2)NN)ccc1C. The molecule has 1 atom stereocenters. The summed E-state index contributed by atoms with van der Waals surface area (Å²) in [6.07, 6.45) is 5.76. The molecule has 0 radical (unpaired) electrons. The standard InChI is InChI=1S/C15H22N4O/c1-11-4-6-13(8-15(11)20-3)14(18-16)7-5-12-9-17-19(2)10-12/h4,6,8-10,14,18H,5,7,16H2,1-3H3. The zero-order chi connectivity index (χ0) is 14.5. The molecule has 3 N–H and O–H groups in total. The van der Waals surface area contributed by atoms with Gasteiger partial charge in [-0.1, -0.05) is 12.1 Å². The van der Waals surface area contributed by atoms with Gasteiger partial charge in [-0.15, -0.1) is 0 Å². The maximum absolute atomic E-state index is 5.69. The second kappa shape index (κ2) is 6.54. The summed E-state index contributed by atoms with van der Waals surface area (Å²) in [7, 11) is 3.61. The first-order valence-electron chi connectivity index (χ1n) is 6.72. The number of nitrogens with two attached hydrogens (primary N) is 1. The topological polar surface area (TPSA) is 65.1 Å². The average Bonchev–Trinajstić information content (AvgIpc) is 2.86. The Morgan fingerprint density at radius 1 is 1.45 bits per heavy atom. The number of hydrogen-bond acceptors (Lipinski definition) is 4. The minimum atomic E-state index is 0.102. The zero-order valence-electron chi connectivity index (χ0n) is 12.3. The van der Waals surface area contributed by atoms with Crippen LogP contribution in [0.1, 0.15) is 29.2 Å². The average molecular weight is 274 g/mol. The zero-order valence-corrected chi connectivity index (χ0v) is 12.3. The van der Waals surface area contributed by atoms with Gasteiger partial charge in [-0.25, -0.2) is 0 Å². The first-order chi connectivity index (χ1) is 9.63. The number of methoxy groups -OCH3 is 1. The van der Waals surface area contributed by atoms with Crippen molar-refractivity contribution in [1.29, 1.82) is 0 Å². The molecule has 1 aromatic carbocycles. The third-order valence-corrected chi connectivity index (χ3v) is 3.52. The Bertz CT molecular complexity index is 565. The minimum absolute atomic E-state index is 0.102. The summed E-state index contributed by atoms with van der Waals surface area (Å²) >= 11 is 0. The third-order valence-electron chi connectivity index (χ3n) is 3.52. The molecule has 0 saturated carbocycles. The fourth-order valence-corrected chi connectivity index (χ4v) is 2.31. The van der Waals surface area contributed by atoms with Crippen LogP contribution in [-0.4, -0.2) is 16.9 Å². The molecule has 0 bridgehead atoms. The summed E-state index contributed by atoms with van der Waals surface area (Å²) in [5.74, 6) is 6.58. The van der Waals surface area contributed by atoms with Gasteiger partial charge in [-0.2, -0.15) is 5.10 Å². The molecular weight excluding hydrogens is 252 g/mol. The van der Waals surface area contributed by atoms with Crippen molar-refractivity contribution in [3.05, 3.63) is 47.3 Å². The molecule has 0 saturated heterocycles. The second-order valence-corrected chi connectivity index (χ2v) is 5.01. The van der Waals surface area contributed by atoms with Crippen LogP contribution in [-0.2, 0) is 13.5 Å². The number of rotatable bonds is 6. The van der Waals surface area contributed by atoms with E-state index >= 15 is 0 Å². The molecule has 0 aliphatic carbocycles. The number of aryl methyl sites for hydroxylation is 3. The lowest BCUT2D eigenvalue weighted by atomic mass is 9.99. The van der Waals surface area contributed by atoms with E-state index in [-0.39, 0.29) is 6.04 Å². The van der Waals surface area contributed by atoms with Crippen LogP contribution in [0.2, 0.25) is 0 Å². The highest BCUT2D eigenvalue weighted by Gasteiger charge is 2.12. The fourth-order valence-electron chi connectivity index (χ4n) is 2.31. The Hall–Kier alpha value is -1.85. The summed E-state index contributed by atoms with van der Waals surface area (Å²) in [6.45, 7) is 2.03. The fraction of sp³-hybridized carbons (Fsp3) is 0.400. The van der Waals surface area contributed by atoms with Crippen LogP contribution < -0.4 is 16.0 Å². The number of nitrogens with one attached hydrogen (secondary N) is 1. The lowest BCUT2D eigenvalue weighted by molar-refractivity contribution is 0.409. The molecule has 20 heavy (non-hydrogen) atoms. The van der Waals surface area contributed by atoms with Crippen LogP contribution >= 0.6 is 0 Å². The monoisotopic (exact) mass is 274 g/mol. The molecular formula is C15H22N4O. The summed E-state index contributed by atoms with van der Waals surface area (Å²) in [6, 6.07) is 6.29. The van der Waals surface area contributed by atoms with Crippen molar-refractivity contribution in [2.75, 3.05) is 7.11 Å². The van der Waals surface area contributed by atoms with Crippen LogP contribution in [0.4, 0.5) is 0 Å². The first kappa shape index (κ1) is 14.6. The molecule has 0 aliphatic rings. The van der Waals surface area contributed by atoms with E-state index in [4.69, 9.17) is 10.6 Å². The molecule has 1 unspecified atom stereocenters. The van der Waals surface area contributed by atoms with Gasteiger partial charge < -0.3 is 4.74 Å². The van der Waals surface area contributed by atoms with Crippen LogP contribution in [0.25, 0.3) is 0 Å². The molecule has 2 aromatic rings. The van der Waals surface area contributed by atoms with Gasteiger partial charge in [-0.05, 0) is 42.5 Å².